The van der Waals surface area contributed by atoms with Crippen molar-refractivity contribution in [2.75, 3.05) is 0 Å². The number of pyridine rings is 1. The molecule has 0 aromatic carbocycles. The van der Waals surface area contributed by atoms with E-state index in [1.165, 1.54) is 5.56 Å². The van der Waals surface area contributed by atoms with Crippen molar-refractivity contribution < 1.29 is 9.90 Å². The molecule has 0 saturated heterocycles. The highest BCUT2D eigenvalue weighted by Gasteiger charge is 2.33. The summed E-state index contributed by atoms with van der Waals surface area (Å²) in [5, 5.41) is 10.3. The van der Waals surface area contributed by atoms with E-state index in [2.05, 4.69) is 4.98 Å². The quantitative estimate of drug-likeness (QED) is 0.897. The van der Waals surface area contributed by atoms with Gasteiger partial charge in [0.1, 0.15) is 0 Å². The minimum atomic E-state index is -0.663. The summed E-state index contributed by atoms with van der Waals surface area (Å²) in [5.41, 5.74) is 2.18. The number of nitrogens with zero attached hydrogens (tertiary/aromatic N) is 1. The average Bonchev–Trinajstić information content (AvgIpc) is 2.63. The molecule has 1 aliphatic rings. The predicted molar refractivity (Wildman–Crippen MR) is 68.3 cm³/mol. The van der Waals surface area contributed by atoms with Crippen LogP contribution in [0.5, 0.6) is 0 Å². The van der Waals surface area contributed by atoms with E-state index in [1.807, 2.05) is 26.0 Å². The lowest BCUT2D eigenvalue weighted by atomic mass is 10.1. The molecule has 2 atom stereocenters. The lowest BCUT2D eigenvalue weighted by Gasteiger charge is -2.15. The summed E-state index contributed by atoms with van der Waals surface area (Å²) in [6.07, 6.45) is 2.80. The first kappa shape index (κ1) is 12.4. The highest BCUT2D eigenvalue weighted by atomic mass is 32.2. The highest BCUT2D eigenvalue weighted by molar-refractivity contribution is 7.99. The Kier molecular flexibility index (Phi) is 3.72. The van der Waals surface area contributed by atoms with Gasteiger partial charge in [0.15, 0.2) is 0 Å². The van der Waals surface area contributed by atoms with Crippen molar-refractivity contribution in [1.29, 1.82) is 0 Å². The van der Waals surface area contributed by atoms with Crippen molar-refractivity contribution >= 4 is 17.7 Å². The van der Waals surface area contributed by atoms with Gasteiger partial charge in [-0.1, -0.05) is 6.42 Å². The number of aryl methyl sites for hydroxylation is 2. The zero-order valence-electron chi connectivity index (χ0n) is 10.1. The van der Waals surface area contributed by atoms with Gasteiger partial charge < -0.3 is 5.11 Å². The molecule has 4 heteroatoms. The highest BCUT2D eigenvalue weighted by Crippen LogP contribution is 2.38. The van der Waals surface area contributed by atoms with E-state index in [4.69, 9.17) is 5.11 Å². The van der Waals surface area contributed by atoms with Crippen LogP contribution in [-0.4, -0.2) is 21.3 Å². The van der Waals surface area contributed by atoms with Gasteiger partial charge in [0, 0.05) is 10.9 Å². The topological polar surface area (TPSA) is 50.2 Å². The van der Waals surface area contributed by atoms with E-state index in [0.29, 0.717) is 0 Å². The van der Waals surface area contributed by atoms with Crippen molar-refractivity contribution in [3.8, 4) is 0 Å². The molecule has 1 aromatic heterocycles. The summed E-state index contributed by atoms with van der Waals surface area (Å²) in [6.45, 7) is 4.02. The monoisotopic (exact) mass is 251 g/mol. The second-order valence-corrected chi connectivity index (χ2v) is 5.92. The molecule has 0 amide bonds. The molecule has 2 unspecified atom stereocenters. The average molecular weight is 251 g/mol. The fourth-order valence-electron chi connectivity index (χ4n) is 2.37. The van der Waals surface area contributed by atoms with Crippen LogP contribution in [0.1, 0.15) is 30.5 Å². The van der Waals surface area contributed by atoms with Crippen molar-refractivity contribution in [1.82, 2.24) is 4.98 Å². The second-order valence-electron chi connectivity index (χ2n) is 4.66. The van der Waals surface area contributed by atoms with Crippen LogP contribution in [0.15, 0.2) is 17.2 Å². The standard InChI is InChI=1S/C13H17NO2S/c1-8-6-9(2)14-12(7-8)17-11-5-3-4-10(11)13(15)16/h6-7,10-11H,3-5H2,1-2H3,(H,15,16). The molecule has 0 aliphatic heterocycles. The number of aliphatic carboxylic acids is 1. The Hall–Kier alpha value is -1.03. The van der Waals surface area contributed by atoms with Crippen LogP contribution in [0, 0.1) is 19.8 Å². The fraction of sp³-hybridized carbons (Fsp3) is 0.538. The Bertz CT molecular complexity index is 413. The van der Waals surface area contributed by atoms with Crippen molar-refractivity contribution in [2.45, 2.75) is 43.4 Å². The van der Waals surface area contributed by atoms with Crippen LogP contribution in [0.25, 0.3) is 0 Å². The summed E-state index contributed by atoms with van der Waals surface area (Å²) in [6, 6.07) is 4.07. The fourth-order valence-corrected chi connectivity index (χ4v) is 3.83. The molecular formula is C13H17NO2S. The van der Waals surface area contributed by atoms with Crippen LogP contribution in [0.2, 0.25) is 0 Å². The lowest BCUT2D eigenvalue weighted by Crippen LogP contribution is -2.20. The maximum absolute atomic E-state index is 11.1. The van der Waals surface area contributed by atoms with Crippen molar-refractivity contribution in [3.63, 3.8) is 0 Å². The lowest BCUT2D eigenvalue weighted by molar-refractivity contribution is -0.141. The van der Waals surface area contributed by atoms with E-state index >= 15 is 0 Å². The second kappa shape index (κ2) is 5.08. The molecule has 1 saturated carbocycles. The molecule has 0 spiro atoms. The van der Waals surface area contributed by atoms with Gasteiger partial charge in [-0.15, -0.1) is 11.8 Å². The summed E-state index contributed by atoms with van der Waals surface area (Å²) >= 11 is 1.62. The summed E-state index contributed by atoms with van der Waals surface area (Å²) in [4.78, 5) is 15.6. The molecule has 1 fully saturated rings. The molecule has 2 rings (SSSR count). The molecule has 1 N–H and O–H groups in total. The first-order valence-electron chi connectivity index (χ1n) is 5.91. The van der Waals surface area contributed by atoms with Crippen molar-refractivity contribution in [2.24, 2.45) is 5.92 Å². The number of carboxylic acid groups (broad SMARTS) is 1. The number of aromatic nitrogens is 1. The number of hydrogen-bond acceptors (Lipinski definition) is 3. The van der Waals surface area contributed by atoms with Gasteiger partial charge in [-0.25, -0.2) is 4.98 Å². The van der Waals surface area contributed by atoms with Gasteiger partial charge >= 0.3 is 5.97 Å². The number of carbonyl (C=O) groups is 1. The minimum absolute atomic E-state index is 0.182. The molecular weight excluding hydrogens is 234 g/mol. The summed E-state index contributed by atoms with van der Waals surface area (Å²) < 4.78 is 0. The van der Waals surface area contributed by atoms with Gasteiger partial charge in [0.25, 0.3) is 0 Å². The SMILES string of the molecule is Cc1cc(C)nc(SC2CCCC2C(=O)O)c1. The first-order valence-corrected chi connectivity index (χ1v) is 6.79. The van der Waals surface area contributed by atoms with E-state index in [0.717, 1.165) is 30.0 Å². The summed E-state index contributed by atoms with van der Waals surface area (Å²) in [5.74, 6) is -0.869. The predicted octanol–water partition coefficient (Wildman–Crippen LogP) is 3.04. The van der Waals surface area contributed by atoms with Crippen LogP contribution < -0.4 is 0 Å². The summed E-state index contributed by atoms with van der Waals surface area (Å²) in [7, 11) is 0. The molecule has 1 heterocycles. The third kappa shape index (κ3) is 3.00. The molecule has 17 heavy (non-hydrogen) atoms. The van der Waals surface area contributed by atoms with Crippen LogP contribution in [0.3, 0.4) is 0 Å². The molecule has 0 radical (unpaired) electrons. The van der Waals surface area contributed by atoms with E-state index in [1.54, 1.807) is 11.8 Å². The normalized spacial score (nSPS) is 23.9. The Labute approximate surface area is 106 Å². The zero-order chi connectivity index (χ0) is 12.4. The molecule has 1 aromatic rings. The van der Waals surface area contributed by atoms with Gasteiger partial charge in [0.2, 0.25) is 0 Å². The van der Waals surface area contributed by atoms with E-state index < -0.39 is 5.97 Å². The van der Waals surface area contributed by atoms with Gasteiger partial charge in [-0.3, -0.25) is 4.79 Å². The molecule has 3 nitrogen and oxygen atoms in total. The number of hydrogen-bond donors (Lipinski definition) is 1. The largest absolute Gasteiger partial charge is 0.481 e. The number of carboxylic acids is 1. The molecule has 0 bridgehead atoms. The maximum Gasteiger partial charge on any atom is 0.307 e. The smallest absolute Gasteiger partial charge is 0.307 e. The van der Waals surface area contributed by atoms with Crippen molar-refractivity contribution in [3.05, 3.63) is 23.4 Å². The third-order valence-electron chi connectivity index (χ3n) is 3.12. The minimum Gasteiger partial charge on any atom is -0.481 e. The Morgan fingerprint density at radius 3 is 2.82 bits per heavy atom. The first-order chi connectivity index (χ1) is 8.06. The Morgan fingerprint density at radius 2 is 2.18 bits per heavy atom. The maximum atomic E-state index is 11.1. The Balaban J connectivity index is 2.12. The third-order valence-corrected chi connectivity index (χ3v) is 4.43. The molecule has 92 valence electrons. The van der Waals surface area contributed by atoms with Gasteiger partial charge in [-0.05, 0) is 44.4 Å². The van der Waals surface area contributed by atoms with E-state index in [9.17, 15) is 4.79 Å². The van der Waals surface area contributed by atoms with Gasteiger partial charge in [0.05, 0.1) is 10.9 Å². The van der Waals surface area contributed by atoms with Crippen LogP contribution >= 0.6 is 11.8 Å². The molecule has 1 aliphatic carbocycles. The van der Waals surface area contributed by atoms with E-state index in [-0.39, 0.29) is 11.2 Å². The zero-order valence-corrected chi connectivity index (χ0v) is 11.0. The van der Waals surface area contributed by atoms with Gasteiger partial charge in [-0.2, -0.15) is 0 Å². The van der Waals surface area contributed by atoms with Crippen LogP contribution in [0.4, 0.5) is 0 Å². The number of rotatable bonds is 3. The van der Waals surface area contributed by atoms with Crippen LogP contribution in [-0.2, 0) is 4.79 Å². The number of thioether (sulfide) groups is 1. The Morgan fingerprint density at radius 1 is 1.41 bits per heavy atom.